The second kappa shape index (κ2) is 4.19. The number of nitrogen functional groups attached to an aromatic ring is 1. The smallest absolute Gasteiger partial charge is 0.337 e. The predicted octanol–water partition coefficient (Wildman–Crippen LogP) is 2.35. The van der Waals surface area contributed by atoms with Gasteiger partial charge in [0, 0.05) is 12.6 Å². The lowest BCUT2D eigenvalue weighted by Gasteiger charge is -2.26. The van der Waals surface area contributed by atoms with Gasteiger partial charge < -0.3 is 15.7 Å². The number of nitrogens with zero attached hydrogens (tertiary/aromatic N) is 1. The number of carboxylic acid groups (broad SMARTS) is 1. The van der Waals surface area contributed by atoms with Gasteiger partial charge in [0.2, 0.25) is 0 Å². The molecule has 0 aliphatic heterocycles. The van der Waals surface area contributed by atoms with Crippen molar-refractivity contribution < 1.29 is 9.90 Å². The number of para-hydroxylation sites is 1. The summed E-state index contributed by atoms with van der Waals surface area (Å²) >= 11 is 0. The zero-order valence-corrected chi connectivity index (χ0v) is 10.3. The van der Waals surface area contributed by atoms with Crippen molar-refractivity contribution in [2.24, 2.45) is 5.92 Å². The molecule has 0 bridgehead atoms. The van der Waals surface area contributed by atoms with Gasteiger partial charge in [-0.05, 0) is 43.7 Å². The number of benzene rings is 1. The molecule has 3 N–H and O–H groups in total. The van der Waals surface area contributed by atoms with Crippen LogP contribution in [0.5, 0.6) is 0 Å². The van der Waals surface area contributed by atoms with Gasteiger partial charge in [-0.2, -0.15) is 0 Å². The largest absolute Gasteiger partial charge is 0.478 e. The maximum Gasteiger partial charge on any atom is 0.337 e. The van der Waals surface area contributed by atoms with Crippen molar-refractivity contribution in [2.75, 3.05) is 17.2 Å². The number of nitrogens with two attached hydrogens (primary N) is 1. The molecule has 0 aromatic heterocycles. The maximum absolute atomic E-state index is 11.1. The van der Waals surface area contributed by atoms with E-state index in [9.17, 15) is 4.79 Å². The van der Waals surface area contributed by atoms with Gasteiger partial charge in [0.05, 0.1) is 16.9 Å². The van der Waals surface area contributed by atoms with Gasteiger partial charge in [-0.1, -0.05) is 6.07 Å². The molecule has 18 heavy (non-hydrogen) atoms. The fraction of sp³-hybridized carbons (Fsp3) is 0.500. The van der Waals surface area contributed by atoms with E-state index in [-0.39, 0.29) is 5.56 Å². The summed E-state index contributed by atoms with van der Waals surface area (Å²) in [5.41, 5.74) is 7.56. The SMILES string of the molecule is Nc1c(C(=O)O)cccc1N(CC1CC1)C1CC1. The van der Waals surface area contributed by atoms with Crippen LogP contribution in [0, 0.1) is 5.92 Å². The number of carbonyl (C=O) groups is 1. The fourth-order valence-electron chi connectivity index (χ4n) is 2.40. The van der Waals surface area contributed by atoms with E-state index in [2.05, 4.69) is 4.90 Å². The molecule has 2 saturated carbocycles. The topological polar surface area (TPSA) is 66.6 Å². The molecule has 0 radical (unpaired) electrons. The van der Waals surface area contributed by atoms with Gasteiger partial charge >= 0.3 is 5.97 Å². The molecule has 2 aliphatic carbocycles. The van der Waals surface area contributed by atoms with Crippen molar-refractivity contribution >= 4 is 17.3 Å². The van der Waals surface area contributed by atoms with Crippen molar-refractivity contribution in [3.05, 3.63) is 23.8 Å². The van der Waals surface area contributed by atoms with Crippen molar-refractivity contribution in [3.63, 3.8) is 0 Å². The first-order valence-corrected chi connectivity index (χ1v) is 6.55. The molecule has 1 aromatic rings. The van der Waals surface area contributed by atoms with E-state index < -0.39 is 5.97 Å². The van der Waals surface area contributed by atoms with Crippen molar-refractivity contribution in [2.45, 2.75) is 31.7 Å². The molecule has 0 unspecified atom stereocenters. The summed E-state index contributed by atoms with van der Waals surface area (Å²) < 4.78 is 0. The van der Waals surface area contributed by atoms with Gasteiger partial charge in [-0.15, -0.1) is 0 Å². The van der Waals surface area contributed by atoms with E-state index in [4.69, 9.17) is 10.8 Å². The minimum atomic E-state index is -0.948. The summed E-state index contributed by atoms with van der Waals surface area (Å²) in [7, 11) is 0. The zero-order chi connectivity index (χ0) is 12.7. The number of hydrogen-bond acceptors (Lipinski definition) is 3. The lowest BCUT2D eigenvalue weighted by Crippen LogP contribution is -2.29. The highest BCUT2D eigenvalue weighted by atomic mass is 16.4. The second-order valence-corrected chi connectivity index (χ2v) is 5.37. The normalized spacial score (nSPS) is 18.7. The minimum Gasteiger partial charge on any atom is -0.478 e. The predicted molar refractivity (Wildman–Crippen MR) is 70.9 cm³/mol. The molecule has 2 aliphatic rings. The number of carboxylic acids is 1. The van der Waals surface area contributed by atoms with Crippen LogP contribution in [0.2, 0.25) is 0 Å². The van der Waals surface area contributed by atoms with Crippen LogP contribution < -0.4 is 10.6 Å². The van der Waals surface area contributed by atoms with E-state index in [1.807, 2.05) is 6.07 Å². The molecule has 4 heteroatoms. The molecule has 0 atom stereocenters. The van der Waals surface area contributed by atoms with E-state index in [0.717, 1.165) is 18.2 Å². The first kappa shape index (κ1) is 11.4. The molecule has 0 spiro atoms. The van der Waals surface area contributed by atoms with E-state index in [1.54, 1.807) is 12.1 Å². The first-order valence-electron chi connectivity index (χ1n) is 6.55. The Morgan fingerprint density at radius 2 is 2.06 bits per heavy atom. The molecule has 0 saturated heterocycles. The number of rotatable bonds is 5. The van der Waals surface area contributed by atoms with Crippen molar-refractivity contribution in [1.29, 1.82) is 0 Å². The second-order valence-electron chi connectivity index (χ2n) is 5.37. The molecular weight excluding hydrogens is 228 g/mol. The molecule has 4 nitrogen and oxygen atoms in total. The van der Waals surface area contributed by atoms with Gasteiger partial charge in [-0.3, -0.25) is 0 Å². The Morgan fingerprint density at radius 1 is 1.33 bits per heavy atom. The third kappa shape index (κ3) is 2.15. The van der Waals surface area contributed by atoms with Gasteiger partial charge in [-0.25, -0.2) is 4.79 Å². The summed E-state index contributed by atoms with van der Waals surface area (Å²) in [6.07, 6.45) is 4.98. The molecule has 0 heterocycles. The van der Waals surface area contributed by atoms with Crippen LogP contribution in [-0.2, 0) is 0 Å². The molecule has 1 aromatic carbocycles. The summed E-state index contributed by atoms with van der Waals surface area (Å²) in [5.74, 6) is -0.171. The van der Waals surface area contributed by atoms with Crippen LogP contribution in [0.25, 0.3) is 0 Å². The standard InChI is InChI=1S/C14H18N2O2/c15-13-11(14(17)18)2-1-3-12(13)16(10-6-7-10)8-9-4-5-9/h1-3,9-10H,4-8,15H2,(H,17,18). The van der Waals surface area contributed by atoms with Crippen LogP contribution in [0.4, 0.5) is 11.4 Å². The van der Waals surface area contributed by atoms with Crippen LogP contribution in [0.3, 0.4) is 0 Å². The molecule has 3 rings (SSSR count). The molecule has 2 fully saturated rings. The Hall–Kier alpha value is -1.71. The molecule has 96 valence electrons. The highest BCUT2D eigenvalue weighted by Crippen LogP contribution is 2.40. The quantitative estimate of drug-likeness (QED) is 0.783. The fourth-order valence-corrected chi connectivity index (χ4v) is 2.40. The minimum absolute atomic E-state index is 0.217. The van der Waals surface area contributed by atoms with Gasteiger partial charge in [0.15, 0.2) is 0 Å². The highest BCUT2D eigenvalue weighted by molar-refractivity contribution is 5.97. The third-order valence-electron chi connectivity index (χ3n) is 3.76. The maximum atomic E-state index is 11.1. The zero-order valence-electron chi connectivity index (χ0n) is 10.3. The lowest BCUT2D eigenvalue weighted by atomic mass is 10.1. The Kier molecular flexibility index (Phi) is 2.65. The Labute approximate surface area is 106 Å². The van der Waals surface area contributed by atoms with Crippen LogP contribution in [0.1, 0.15) is 36.0 Å². The van der Waals surface area contributed by atoms with Crippen molar-refractivity contribution in [1.82, 2.24) is 0 Å². The highest BCUT2D eigenvalue weighted by Gasteiger charge is 2.35. The average molecular weight is 246 g/mol. The van der Waals surface area contributed by atoms with Crippen LogP contribution in [0.15, 0.2) is 18.2 Å². The van der Waals surface area contributed by atoms with E-state index in [0.29, 0.717) is 11.7 Å². The molecule has 0 amide bonds. The number of aromatic carboxylic acids is 1. The third-order valence-corrected chi connectivity index (χ3v) is 3.76. The summed E-state index contributed by atoms with van der Waals surface area (Å²) in [6, 6.07) is 5.88. The Bertz CT molecular complexity index is 479. The average Bonchev–Trinajstić information content (AvgIpc) is 3.19. The number of hydrogen-bond donors (Lipinski definition) is 2. The van der Waals surface area contributed by atoms with Crippen LogP contribution >= 0.6 is 0 Å². The lowest BCUT2D eigenvalue weighted by molar-refractivity contribution is 0.0698. The van der Waals surface area contributed by atoms with E-state index >= 15 is 0 Å². The summed E-state index contributed by atoms with van der Waals surface area (Å²) in [5, 5.41) is 9.12. The Morgan fingerprint density at radius 3 is 2.61 bits per heavy atom. The first-order chi connectivity index (χ1) is 8.66. The summed E-state index contributed by atoms with van der Waals surface area (Å²) in [4.78, 5) is 13.4. The van der Waals surface area contributed by atoms with Gasteiger partial charge in [0.1, 0.15) is 0 Å². The van der Waals surface area contributed by atoms with Crippen LogP contribution in [-0.4, -0.2) is 23.7 Å². The molecular formula is C14H18N2O2. The summed E-state index contributed by atoms with van der Waals surface area (Å²) in [6.45, 7) is 1.03. The van der Waals surface area contributed by atoms with E-state index in [1.165, 1.54) is 25.7 Å². The number of anilines is 2. The van der Waals surface area contributed by atoms with Crippen molar-refractivity contribution in [3.8, 4) is 0 Å². The monoisotopic (exact) mass is 246 g/mol. The Balaban J connectivity index is 1.92. The van der Waals surface area contributed by atoms with Gasteiger partial charge in [0.25, 0.3) is 0 Å².